The highest BCUT2D eigenvalue weighted by Crippen LogP contribution is 2.24. The monoisotopic (exact) mass is 375 g/mol. The lowest BCUT2D eigenvalue weighted by Crippen LogP contribution is -2.07. The van der Waals surface area contributed by atoms with E-state index in [-0.39, 0.29) is 6.61 Å². The number of nitrogens with zero attached hydrogens (tertiary/aromatic N) is 3. The summed E-state index contributed by atoms with van der Waals surface area (Å²) in [4.78, 5) is 16.6. The molecule has 0 aliphatic carbocycles. The van der Waals surface area contributed by atoms with Gasteiger partial charge in [0.15, 0.2) is 5.65 Å². The first kappa shape index (κ1) is 15.5. The molecule has 0 atom stereocenters. The molecule has 0 aliphatic heterocycles. The van der Waals surface area contributed by atoms with Gasteiger partial charge in [0, 0.05) is 22.4 Å². The molecule has 0 unspecified atom stereocenters. The number of carbonyl (C=O) groups excluding carboxylic acids is 1. The summed E-state index contributed by atoms with van der Waals surface area (Å²) in [5, 5.41) is 4.26. The van der Waals surface area contributed by atoms with E-state index in [1.54, 1.807) is 37.0 Å². The molecule has 2 heterocycles. The maximum Gasteiger partial charge on any atom is 0.344 e. The van der Waals surface area contributed by atoms with Crippen molar-refractivity contribution in [3.8, 4) is 5.75 Å². The van der Waals surface area contributed by atoms with Crippen LogP contribution in [0.25, 0.3) is 5.65 Å². The Hall–Kier alpha value is -2.41. The lowest BCUT2D eigenvalue weighted by atomic mass is 10.2. The molecule has 2 aromatic heterocycles. The summed E-state index contributed by atoms with van der Waals surface area (Å²) < 4.78 is 13.2. The molecule has 23 heavy (non-hydrogen) atoms. The van der Waals surface area contributed by atoms with E-state index in [1.165, 1.54) is 0 Å². The van der Waals surface area contributed by atoms with Crippen LogP contribution in [-0.4, -0.2) is 27.7 Å². The van der Waals surface area contributed by atoms with Crippen molar-refractivity contribution in [2.24, 2.45) is 0 Å². The van der Waals surface area contributed by atoms with E-state index < -0.39 is 5.97 Å². The molecule has 0 aliphatic rings. The zero-order valence-electron chi connectivity index (χ0n) is 12.6. The number of methoxy groups -OCH3 is 1. The molecule has 0 saturated carbocycles. The van der Waals surface area contributed by atoms with Crippen LogP contribution in [-0.2, 0) is 11.3 Å². The van der Waals surface area contributed by atoms with Crippen LogP contribution in [0.2, 0.25) is 0 Å². The molecule has 0 fully saturated rings. The van der Waals surface area contributed by atoms with Crippen LogP contribution in [0.5, 0.6) is 5.75 Å². The van der Waals surface area contributed by atoms with Gasteiger partial charge in [-0.25, -0.2) is 14.3 Å². The molecular weight excluding hydrogens is 362 g/mol. The molecule has 0 amide bonds. The SMILES string of the molecule is COc1ccc(Br)cc1COC(=O)c1c(C)nn2cccnc12. The van der Waals surface area contributed by atoms with Gasteiger partial charge < -0.3 is 9.47 Å². The van der Waals surface area contributed by atoms with E-state index in [0.29, 0.717) is 22.7 Å². The van der Waals surface area contributed by atoms with Crippen LogP contribution in [0.15, 0.2) is 41.1 Å². The average Bonchev–Trinajstić information content (AvgIpc) is 2.88. The largest absolute Gasteiger partial charge is 0.496 e. The third-order valence-electron chi connectivity index (χ3n) is 3.38. The van der Waals surface area contributed by atoms with Gasteiger partial charge in [-0.2, -0.15) is 5.10 Å². The highest BCUT2D eigenvalue weighted by atomic mass is 79.9. The minimum Gasteiger partial charge on any atom is -0.496 e. The molecular formula is C16H14BrN3O3. The third kappa shape index (κ3) is 3.05. The maximum absolute atomic E-state index is 12.4. The van der Waals surface area contributed by atoms with Crippen molar-refractivity contribution in [2.75, 3.05) is 7.11 Å². The van der Waals surface area contributed by atoms with Gasteiger partial charge in [0.1, 0.15) is 17.9 Å². The first-order valence-corrected chi connectivity index (χ1v) is 7.69. The Morgan fingerprint density at radius 1 is 1.39 bits per heavy atom. The van der Waals surface area contributed by atoms with Crippen molar-refractivity contribution in [2.45, 2.75) is 13.5 Å². The number of fused-ring (bicyclic) bond motifs is 1. The van der Waals surface area contributed by atoms with Crippen LogP contribution >= 0.6 is 15.9 Å². The molecule has 7 heteroatoms. The predicted molar refractivity (Wildman–Crippen MR) is 87.5 cm³/mol. The molecule has 3 aromatic rings. The highest BCUT2D eigenvalue weighted by Gasteiger charge is 2.20. The summed E-state index contributed by atoms with van der Waals surface area (Å²) in [7, 11) is 1.58. The number of ether oxygens (including phenoxy) is 2. The van der Waals surface area contributed by atoms with E-state index in [2.05, 4.69) is 26.0 Å². The van der Waals surface area contributed by atoms with Crippen molar-refractivity contribution in [1.29, 1.82) is 0 Å². The minimum atomic E-state index is -0.460. The summed E-state index contributed by atoms with van der Waals surface area (Å²) >= 11 is 3.40. The van der Waals surface area contributed by atoms with Crippen molar-refractivity contribution in [1.82, 2.24) is 14.6 Å². The van der Waals surface area contributed by atoms with Gasteiger partial charge in [-0.15, -0.1) is 0 Å². The molecule has 0 N–H and O–H groups in total. The molecule has 6 nitrogen and oxygen atoms in total. The molecule has 118 valence electrons. The molecule has 0 radical (unpaired) electrons. The minimum absolute atomic E-state index is 0.102. The molecule has 0 bridgehead atoms. The first-order chi connectivity index (χ1) is 11.1. The standard InChI is InChI=1S/C16H14BrN3O3/c1-10-14(15-18-6-3-7-20(15)19-10)16(21)23-9-11-8-12(17)4-5-13(11)22-2/h3-8H,9H2,1-2H3. The number of carbonyl (C=O) groups is 1. The fraction of sp³-hybridized carbons (Fsp3) is 0.188. The van der Waals surface area contributed by atoms with E-state index in [9.17, 15) is 4.79 Å². The zero-order valence-corrected chi connectivity index (χ0v) is 14.2. The second-order valence-electron chi connectivity index (χ2n) is 4.88. The highest BCUT2D eigenvalue weighted by molar-refractivity contribution is 9.10. The molecule has 3 rings (SSSR count). The number of rotatable bonds is 4. The second-order valence-corrected chi connectivity index (χ2v) is 5.80. The molecule has 0 spiro atoms. The van der Waals surface area contributed by atoms with Gasteiger partial charge in [-0.05, 0) is 31.2 Å². The van der Waals surface area contributed by atoms with Crippen molar-refractivity contribution in [3.05, 3.63) is 58.0 Å². The Bertz CT molecular complexity index is 876. The number of benzene rings is 1. The maximum atomic E-state index is 12.4. The van der Waals surface area contributed by atoms with Crippen LogP contribution < -0.4 is 4.74 Å². The van der Waals surface area contributed by atoms with Gasteiger partial charge in [0.05, 0.1) is 12.8 Å². The van der Waals surface area contributed by atoms with Crippen LogP contribution in [0.4, 0.5) is 0 Å². The predicted octanol–water partition coefficient (Wildman–Crippen LogP) is 3.17. The Kier molecular flexibility index (Phi) is 4.29. The fourth-order valence-electron chi connectivity index (χ4n) is 2.31. The van der Waals surface area contributed by atoms with Gasteiger partial charge in [-0.3, -0.25) is 0 Å². The van der Waals surface area contributed by atoms with Crippen LogP contribution in [0, 0.1) is 6.92 Å². The fourth-order valence-corrected chi connectivity index (χ4v) is 2.72. The van der Waals surface area contributed by atoms with E-state index >= 15 is 0 Å². The van der Waals surface area contributed by atoms with Crippen molar-refractivity contribution >= 4 is 27.5 Å². The van der Waals surface area contributed by atoms with E-state index in [1.807, 2.05) is 18.2 Å². The number of hydrogen-bond acceptors (Lipinski definition) is 5. The number of hydrogen-bond donors (Lipinski definition) is 0. The van der Waals surface area contributed by atoms with E-state index in [4.69, 9.17) is 9.47 Å². The number of aryl methyl sites for hydroxylation is 1. The average molecular weight is 376 g/mol. The topological polar surface area (TPSA) is 65.7 Å². The summed E-state index contributed by atoms with van der Waals surface area (Å²) in [5.41, 5.74) is 2.21. The Morgan fingerprint density at radius 3 is 3.00 bits per heavy atom. The Balaban J connectivity index is 1.85. The van der Waals surface area contributed by atoms with Crippen LogP contribution in [0.1, 0.15) is 21.6 Å². The van der Waals surface area contributed by atoms with Gasteiger partial charge >= 0.3 is 5.97 Å². The van der Waals surface area contributed by atoms with Gasteiger partial charge in [0.25, 0.3) is 0 Å². The first-order valence-electron chi connectivity index (χ1n) is 6.89. The second kappa shape index (κ2) is 6.37. The normalized spacial score (nSPS) is 10.7. The summed E-state index contributed by atoms with van der Waals surface area (Å²) in [6.07, 6.45) is 3.36. The lowest BCUT2D eigenvalue weighted by Gasteiger charge is -2.09. The summed E-state index contributed by atoms with van der Waals surface area (Å²) in [6, 6.07) is 7.28. The summed E-state index contributed by atoms with van der Waals surface area (Å²) in [5.74, 6) is 0.203. The van der Waals surface area contributed by atoms with E-state index in [0.717, 1.165) is 10.0 Å². The number of esters is 1. The Labute approximate surface area is 141 Å². The van der Waals surface area contributed by atoms with Gasteiger partial charge in [-0.1, -0.05) is 15.9 Å². The Morgan fingerprint density at radius 2 is 2.22 bits per heavy atom. The van der Waals surface area contributed by atoms with Crippen LogP contribution in [0.3, 0.4) is 0 Å². The smallest absolute Gasteiger partial charge is 0.344 e. The molecule has 0 saturated heterocycles. The third-order valence-corrected chi connectivity index (χ3v) is 3.87. The number of aromatic nitrogens is 3. The number of halogens is 1. The van der Waals surface area contributed by atoms with Crippen molar-refractivity contribution < 1.29 is 14.3 Å². The lowest BCUT2D eigenvalue weighted by molar-refractivity contribution is 0.0471. The van der Waals surface area contributed by atoms with Crippen molar-refractivity contribution in [3.63, 3.8) is 0 Å². The van der Waals surface area contributed by atoms with Gasteiger partial charge in [0.2, 0.25) is 0 Å². The summed E-state index contributed by atoms with van der Waals surface area (Å²) in [6.45, 7) is 1.86. The quantitative estimate of drug-likeness (QED) is 0.655. The molecule has 1 aromatic carbocycles. The zero-order chi connectivity index (χ0) is 16.4.